The first-order chi connectivity index (χ1) is 14.7. The van der Waals surface area contributed by atoms with Crippen LogP contribution in [0, 0.1) is 11.8 Å². The van der Waals surface area contributed by atoms with Crippen LogP contribution in [0.1, 0.15) is 52.4 Å². The molecule has 2 amide bonds. The summed E-state index contributed by atoms with van der Waals surface area (Å²) < 4.78 is 28.5. The van der Waals surface area contributed by atoms with Crippen LogP contribution in [0.15, 0.2) is 28.0 Å². The molecule has 2 heterocycles. The Morgan fingerprint density at radius 2 is 1.71 bits per heavy atom. The molecule has 1 aromatic rings. The van der Waals surface area contributed by atoms with Gasteiger partial charge in [0, 0.05) is 24.0 Å². The third kappa shape index (κ3) is 5.09. The SMILES string of the molecule is CC1CCC(NS(=O)(=O)c2ccc3c(c2)NC(=O)C(C(=O)N2CCC(C)CC2)S3)CC1. The first-order valence-corrected chi connectivity index (χ1v) is 13.5. The van der Waals surface area contributed by atoms with E-state index in [2.05, 4.69) is 23.9 Å². The van der Waals surface area contributed by atoms with Crippen LogP contribution >= 0.6 is 11.8 Å². The number of fused-ring (bicyclic) bond motifs is 1. The van der Waals surface area contributed by atoms with Crippen LogP contribution in [-0.4, -0.2) is 49.5 Å². The van der Waals surface area contributed by atoms with Gasteiger partial charge in [-0.3, -0.25) is 9.59 Å². The van der Waals surface area contributed by atoms with E-state index in [-0.39, 0.29) is 22.8 Å². The molecule has 1 atom stereocenters. The molecule has 1 unspecified atom stereocenters. The number of nitrogens with zero attached hydrogens (tertiary/aromatic N) is 1. The predicted octanol–water partition coefficient (Wildman–Crippen LogP) is 3.21. The lowest BCUT2D eigenvalue weighted by molar-refractivity contribution is -0.135. The zero-order chi connectivity index (χ0) is 22.2. The van der Waals surface area contributed by atoms with Crippen LogP contribution in [0.25, 0.3) is 0 Å². The van der Waals surface area contributed by atoms with E-state index in [9.17, 15) is 18.0 Å². The molecule has 1 aromatic carbocycles. The average Bonchev–Trinajstić information content (AvgIpc) is 2.74. The number of likely N-dealkylation sites (tertiary alicyclic amines) is 1. The Morgan fingerprint density at radius 3 is 2.39 bits per heavy atom. The molecular weight excluding hydrogens is 434 g/mol. The van der Waals surface area contributed by atoms with Crippen LogP contribution in [0.2, 0.25) is 0 Å². The van der Waals surface area contributed by atoms with Crippen molar-refractivity contribution >= 4 is 39.3 Å². The van der Waals surface area contributed by atoms with Crippen molar-refractivity contribution in [2.45, 2.75) is 73.5 Å². The molecule has 0 aromatic heterocycles. The summed E-state index contributed by atoms with van der Waals surface area (Å²) in [5.74, 6) is 0.694. The summed E-state index contributed by atoms with van der Waals surface area (Å²) in [6, 6.07) is 4.70. The highest BCUT2D eigenvalue weighted by Gasteiger charge is 2.37. The average molecular weight is 466 g/mol. The van der Waals surface area contributed by atoms with Crippen molar-refractivity contribution in [1.82, 2.24) is 9.62 Å². The molecule has 3 aliphatic rings. The standard InChI is InChI=1S/C22H31N3O4S2/c1-14-3-5-16(6-4-14)24-31(28,29)17-7-8-19-18(13-17)23-21(26)20(30-19)22(27)25-11-9-15(2)10-12-25/h7-8,13-16,20,24H,3-6,9-12H2,1-2H3,(H,23,26). The molecule has 4 rings (SSSR count). The Kier molecular flexibility index (Phi) is 6.65. The normalized spacial score (nSPS) is 27.5. The fraction of sp³-hybridized carbons (Fsp3) is 0.636. The third-order valence-corrected chi connectivity index (χ3v) is 9.44. The molecule has 1 saturated heterocycles. The van der Waals surface area contributed by atoms with E-state index in [0.717, 1.165) is 38.5 Å². The van der Waals surface area contributed by atoms with Gasteiger partial charge >= 0.3 is 0 Å². The summed E-state index contributed by atoms with van der Waals surface area (Å²) in [6.45, 7) is 5.73. The Morgan fingerprint density at radius 1 is 1.06 bits per heavy atom. The topological polar surface area (TPSA) is 95.6 Å². The number of anilines is 1. The van der Waals surface area contributed by atoms with E-state index in [1.54, 1.807) is 17.0 Å². The quantitative estimate of drug-likeness (QED) is 0.666. The van der Waals surface area contributed by atoms with Gasteiger partial charge < -0.3 is 10.2 Å². The zero-order valence-corrected chi connectivity index (χ0v) is 19.7. The molecule has 0 radical (unpaired) electrons. The van der Waals surface area contributed by atoms with E-state index in [4.69, 9.17) is 0 Å². The highest BCUT2D eigenvalue weighted by atomic mass is 32.2. The molecule has 9 heteroatoms. The second-order valence-electron chi connectivity index (χ2n) is 9.23. The molecule has 7 nitrogen and oxygen atoms in total. The van der Waals surface area contributed by atoms with Gasteiger partial charge in [-0.15, -0.1) is 11.8 Å². The number of piperidine rings is 1. The predicted molar refractivity (Wildman–Crippen MR) is 121 cm³/mol. The molecular formula is C22H31N3O4S2. The van der Waals surface area contributed by atoms with E-state index < -0.39 is 15.3 Å². The van der Waals surface area contributed by atoms with Crippen molar-refractivity contribution in [1.29, 1.82) is 0 Å². The molecule has 0 bridgehead atoms. The van der Waals surface area contributed by atoms with E-state index in [0.29, 0.717) is 35.5 Å². The van der Waals surface area contributed by atoms with Crippen LogP contribution in [0.3, 0.4) is 0 Å². The first-order valence-electron chi connectivity index (χ1n) is 11.2. The summed E-state index contributed by atoms with van der Waals surface area (Å²) in [7, 11) is -3.67. The Bertz CT molecular complexity index is 950. The van der Waals surface area contributed by atoms with Gasteiger partial charge in [-0.2, -0.15) is 0 Å². The minimum Gasteiger partial charge on any atom is -0.341 e. The lowest BCUT2D eigenvalue weighted by Gasteiger charge is -2.33. The lowest BCUT2D eigenvalue weighted by atomic mass is 9.88. The number of carbonyl (C=O) groups excluding carboxylic acids is 2. The number of benzene rings is 1. The molecule has 2 fully saturated rings. The number of carbonyl (C=O) groups is 2. The number of hydrogen-bond donors (Lipinski definition) is 2. The number of rotatable bonds is 4. The van der Waals surface area contributed by atoms with Gasteiger partial charge in [-0.25, -0.2) is 13.1 Å². The summed E-state index contributed by atoms with van der Waals surface area (Å²) in [4.78, 5) is 28.2. The molecule has 0 spiro atoms. The van der Waals surface area contributed by atoms with Crippen LogP contribution in [0.4, 0.5) is 5.69 Å². The molecule has 2 N–H and O–H groups in total. The van der Waals surface area contributed by atoms with Gasteiger partial charge in [0.15, 0.2) is 5.25 Å². The van der Waals surface area contributed by atoms with Gasteiger partial charge in [-0.1, -0.05) is 13.8 Å². The van der Waals surface area contributed by atoms with Crippen molar-refractivity contribution in [3.8, 4) is 0 Å². The largest absolute Gasteiger partial charge is 0.341 e. The summed E-state index contributed by atoms with van der Waals surface area (Å²) >= 11 is 1.20. The molecule has 31 heavy (non-hydrogen) atoms. The fourth-order valence-electron chi connectivity index (χ4n) is 4.48. The molecule has 170 valence electrons. The van der Waals surface area contributed by atoms with Crippen LogP contribution in [-0.2, 0) is 19.6 Å². The third-order valence-electron chi connectivity index (χ3n) is 6.66. The van der Waals surface area contributed by atoms with E-state index >= 15 is 0 Å². The van der Waals surface area contributed by atoms with Crippen molar-refractivity contribution in [3.63, 3.8) is 0 Å². The number of thioether (sulfide) groups is 1. The van der Waals surface area contributed by atoms with Gasteiger partial charge in [-0.05, 0) is 68.6 Å². The number of amides is 2. The monoisotopic (exact) mass is 465 g/mol. The van der Waals surface area contributed by atoms with Crippen molar-refractivity contribution in [2.75, 3.05) is 18.4 Å². The van der Waals surface area contributed by atoms with E-state index in [1.165, 1.54) is 17.8 Å². The number of hydrogen-bond acceptors (Lipinski definition) is 5. The number of nitrogens with one attached hydrogen (secondary N) is 2. The lowest BCUT2D eigenvalue weighted by Crippen LogP contribution is -2.47. The van der Waals surface area contributed by atoms with Gasteiger partial charge in [0.25, 0.3) is 0 Å². The Balaban J connectivity index is 1.46. The highest BCUT2D eigenvalue weighted by Crippen LogP contribution is 2.38. The molecule has 2 aliphatic heterocycles. The molecule has 1 aliphatic carbocycles. The minimum absolute atomic E-state index is 0.0459. The summed E-state index contributed by atoms with van der Waals surface area (Å²) in [6.07, 6.45) is 5.64. The maximum Gasteiger partial charge on any atom is 0.247 e. The number of sulfonamides is 1. The van der Waals surface area contributed by atoms with Gasteiger partial charge in [0.2, 0.25) is 21.8 Å². The maximum absolute atomic E-state index is 12.9. The van der Waals surface area contributed by atoms with Crippen molar-refractivity contribution in [3.05, 3.63) is 18.2 Å². The van der Waals surface area contributed by atoms with Crippen molar-refractivity contribution in [2.24, 2.45) is 11.8 Å². The second kappa shape index (κ2) is 9.11. The highest BCUT2D eigenvalue weighted by molar-refractivity contribution is 8.01. The van der Waals surface area contributed by atoms with Gasteiger partial charge in [0.05, 0.1) is 10.6 Å². The first kappa shape index (κ1) is 22.6. The zero-order valence-electron chi connectivity index (χ0n) is 18.1. The second-order valence-corrected chi connectivity index (χ2v) is 12.1. The van der Waals surface area contributed by atoms with Gasteiger partial charge in [0.1, 0.15) is 0 Å². The minimum atomic E-state index is -3.67. The summed E-state index contributed by atoms with van der Waals surface area (Å²) in [5.41, 5.74) is 0.450. The maximum atomic E-state index is 12.9. The van der Waals surface area contributed by atoms with Crippen molar-refractivity contribution < 1.29 is 18.0 Å². The smallest absolute Gasteiger partial charge is 0.247 e. The molecule has 1 saturated carbocycles. The summed E-state index contributed by atoms with van der Waals surface area (Å²) in [5, 5.41) is 1.93. The fourth-order valence-corrected chi connectivity index (χ4v) is 6.86. The Hall–Kier alpha value is -1.58. The Labute approximate surface area is 188 Å². The van der Waals surface area contributed by atoms with Crippen LogP contribution < -0.4 is 10.0 Å². The van der Waals surface area contributed by atoms with E-state index in [1.807, 2.05) is 0 Å². The van der Waals surface area contributed by atoms with Crippen LogP contribution in [0.5, 0.6) is 0 Å².